The van der Waals surface area contributed by atoms with Crippen LogP contribution in [0.1, 0.15) is 12.2 Å². The molecule has 2 rings (SSSR count). The Morgan fingerprint density at radius 3 is 2.50 bits per heavy atom. The van der Waals surface area contributed by atoms with Gasteiger partial charge in [0, 0.05) is 57.9 Å². The highest BCUT2D eigenvalue weighted by Gasteiger charge is 2.14. The topological polar surface area (TPSA) is 24.3 Å². The zero-order valence-electron chi connectivity index (χ0n) is 11.2. The molecule has 18 heavy (non-hydrogen) atoms. The van der Waals surface area contributed by atoms with Gasteiger partial charge >= 0.3 is 0 Å². The molecule has 0 bridgehead atoms. The van der Waals surface area contributed by atoms with E-state index in [9.17, 15) is 0 Å². The summed E-state index contributed by atoms with van der Waals surface area (Å²) < 4.78 is 2.11. The van der Waals surface area contributed by atoms with Crippen molar-refractivity contribution < 1.29 is 0 Å². The summed E-state index contributed by atoms with van der Waals surface area (Å²) in [5.74, 6) is 1.92. The molecule has 0 spiro atoms. The Morgan fingerprint density at radius 2 is 1.89 bits per heavy atom. The standard InChI is InChI=1S/C13H23ClN4/c1-16-10-5-15-13(16)3-8-17-6-2-7-18(9-4-14)12-11-17/h5,10H,2-4,6-9,11-12H2,1H3. The lowest BCUT2D eigenvalue weighted by Gasteiger charge is -2.20. The van der Waals surface area contributed by atoms with Crippen LogP contribution in [-0.4, -0.2) is 64.5 Å². The maximum Gasteiger partial charge on any atom is 0.109 e. The minimum Gasteiger partial charge on any atom is -0.338 e. The summed E-state index contributed by atoms with van der Waals surface area (Å²) in [5, 5.41) is 0. The van der Waals surface area contributed by atoms with Crippen molar-refractivity contribution in [2.75, 3.05) is 45.1 Å². The quantitative estimate of drug-likeness (QED) is 0.752. The zero-order valence-corrected chi connectivity index (χ0v) is 11.9. The summed E-state index contributed by atoms with van der Waals surface area (Å²) in [6.45, 7) is 6.82. The van der Waals surface area contributed by atoms with Gasteiger partial charge in [0.1, 0.15) is 5.82 Å². The first kappa shape index (κ1) is 13.8. The lowest BCUT2D eigenvalue weighted by atomic mass is 10.3. The molecule has 1 aromatic rings. The summed E-state index contributed by atoms with van der Waals surface area (Å²) in [6.07, 6.45) is 6.18. The van der Waals surface area contributed by atoms with Crippen molar-refractivity contribution in [1.82, 2.24) is 19.4 Å². The maximum absolute atomic E-state index is 5.80. The molecule has 1 aliphatic rings. The van der Waals surface area contributed by atoms with E-state index in [0.717, 1.165) is 38.5 Å². The fourth-order valence-corrected chi connectivity index (χ4v) is 2.73. The van der Waals surface area contributed by atoms with Gasteiger partial charge in [0.15, 0.2) is 0 Å². The number of aryl methyl sites for hydroxylation is 1. The number of hydrogen-bond acceptors (Lipinski definition) is 3. The van der Waals surface area contributed by atoms with E-state index in [0.29, 0.717) is 0 Å². The SMILES string of the molecule is Cn1ccnc1CCN1CCCN(CCCl)CC1. The van der Waals surface area contributed by atoms with E-state index >= 15 is 0 Å². The number of hydrogen-bond donors (Lipinski definition) is 0. The Bertz CT molecular complexity index is 353. The van der Waals surface area contributed by atoms with Crippen molar-refractivity contribution in [1.29, 1.82) is 0 Å². The number of alkyl halides is 1. The smallest absolute Gasteiger partial charge is 0.109 e. The molecule has 0 aromatic carbocycles. The van der Waals surface area contributed by atoms with Crippen LogP contribution in [-0.2, 0) is 13.5 Å². The number of halogens is 1. The van der Waals surface area contributed by atoms with Gasteiger partial charge in [0.2, 0.25) is 0 Å². The fraction of sp³-hybridized carbons (Fsp3) is 0.769. The zero-order chi connectivity index (χ0) is 12.8. The second kappa shape index (κ2) is 7.12. The monoisotopic (exact) mass is 270 g/mol. The predicted molar refractivity (Wildman–Crippen MR) is 75.1 cm³/mol. The van der Waals surface area contributed by atoms with E-state index in [4.69, 9.17) is 11.6 Å². The highest BCUT2D eigenvalue weighted by molar-refractivity contribution is 6.18. The Labute approximate surface area is 115 Å². The Morgan fingerprint density at radius 1 is 1.17 bits per heavy atom. The lowest BCUT2D eigenvalue weighted by molar-refractivity contribution is 0.264. The average molecular weight is 271 g/mol. The van der Waals surface area contributed by atoms with Gasteiger partial charge in [-0.3, -0.25) is 0 Å². The highest BCUT2D eigenvalue weighted by Crippen LogP contribution is 2.05. The van der Waals surface area contributed by atoms with Crippen LogP contribution >= 0.6 is 11.6 Å². The second-order valence-electron chi connectivity index (χ2n) is 4.93. The second-order valence-corrected chi connectivity index (χ2v) is 5.31. The normalized spacial score (nSPS) is 19.0. The highest BCUT2D eigenvalue weighted by atomic mass is 35.5. The Hall–Kier alpha value is -0.580. The molecule has 0 amide bonds. The van der Waals surface area contributed by atoms with Crippen molar-refractivity contribution in [3.63, 3.8) is 0 Å². The minimum absolute atomic E-state index is 0.743. The van der Waals surface area contributed by atoms with Crippen LogP contribution in [0.2, 0.25) is 0 Å². The van der Waals surface area contributed by atoms with Crippen LogP contribution < -0.4 is 0 Å². The molecule has 0 N–H and O–H groups in total. The Kier molecular flexibility index (Phi) is 5.47. The summed E-state index contributed by atoms with van der Waals surface area (Å²) in [7, 11) is 2.06. The maximum atomic E-state index is 5.80. The Balaban J connectivity index is 1.75. The molecule has 0 aliphatic carbocycles. The van der Waals surface area contributed by atoms with Crippen LogP contribution in [0.4, 0.5) is 0 Å². The van der Waals surface area contributed by atoms with Gasteiger partial charge in [-0.15, -0.1) is 11.6 Å². The average Bonchev–Trinajstić information content (AvgIpc) is 2.63. The molecule has 0 atom stereocenters. The van der Waals surface area contributed by atoms with Crippen LogP contribution in [0.25, 0.3) is 0 Å². The van der Waals surface area contributed by atoms with Crippen molar-refractivity contribution in [2.45, 2.75) is 12.8 Å². The first-order valence-corrected chi connectivity index (χ1v) is 7.30. The molecule has 0 radical (unpaired) electrons. The number of nitrogens with zero attached hydrogens (tertiary/aromatic N) is 4. The molecule has 2 heterocycles. The molecule has 1 saturated heterocycles. The molecule has 0 saturated carbocycles. The van der Waals surface area contributed by atoms with Crippen LogP contribution in [0.5, 0.6) is 0 Å². The molecule has 1 aliphatic heterocycles. The van der Waals surface area contributed by atoms with Gasteiger partial charge in [0.25, 0.3) is 0 Å². The van der Waals surface area contributed by atoms with E-state index in [2.05, 4.69) is 26.4 Å². The van der Waals surface area contributed by atoms with Gasteiger partial charge in [-0.2, -0.15) is 0 Å². The van der Waals surface area contributed by atoms with Gasteiger partial charge in [-0.25, -0.2) is 4.98 Å². The van der Waals surface area contributed by atoms with Crippen molar-refractivity contribution in [3.8, 4) is 0 Å². The molecule has 5 heteroatoms. The van der Waals surface area contributed by atoms with Crippen molar-refractivity contribution >= 4 is 11.6 Å². The summed E-state index contributed by atoms with van der Waals surface area (Å²) in [5.41, 5.74) is 0. The predicted octanol–water partition coefficient (Wildman–Crippen LogP) is 1.21. The molecule has 1 fully saturated rings. The molecular weight excluding hydrogens is 248 g/mol. The molecule has 1 aromatic heterocycles. The van der Waals surface area contributed by atoms with Crippen molar-refractivity contribution in [2.24, 2.45) is 7.05 Å². The number of aromatic nitrogens is 2. The van der Waals surface area contributed by atoms with E-state index in [1.54, 1.807) is 0 Å². The van der Waals surface area contributed by atoms with Gasteiger partial charge in [0.05, 0.1) is 0 Å². The molecular formula is C13H23ClN4. The molecule has 102 valence electrons. The first-order valence-electron chi connectivity index (χ1n) is 6.76. The third-order valence-electron chi connectivity index (χ3n) is 3.65. The van der Waals surface area contributed by atoms with Crippen LogP contribution in [0, 0.1) is 0 Å². The summed E-state index contributed by atoms with van der Waals surface area (Å²) in [4.78, 5) is 9.39. The lowest BCUT2D eigenvalue weighted by Crippen LogP contribution is -2.33. The van der Waals surface area contributed by atoms with Crippen molar-refractivity contribution in [3.05, 3.63) is 18.2 Å². The van der Waals surface area contributed by atoms with Gasteiger partial charge < -0.3 is 14.4 Å². The van der Waals surface area contributed by atoms with E-state index in [-0.39, 0.29) is 0 Å². The molecule has 0 unspecified atom stereocenters. The molecule has 4 nitrogen and oxygen atoms in total. The minimum atomic E-state index is 0.743. The van der Waals surface area contributed by atoms with E-state index in [1.165, 1.54) is 25.3 Å². The summed E-state index contributed by atoms with van der Waals surface area (Å²) >= 11 is 5.80. The van der Waals surface area contributed by atoms with E-state index in [1.807, 2.05) is 12.4 Å². The fourth-order valence-electron chi connectivity index (χ4n) is 2.49. The first-order chi connectivity index (χ1) is 8.79. The third-order valence-corrected chi connectivity index (χ3v) is 3.82. The third kappa shape index (κ3) is 3.97. The largest absolute Gasteiger partial charge is 0.338 e. The van der Waals surface area contributed by atoms with Gasteiger partial charge in [-0.1, -0.05) is 0 Å². The van der Waals surface area contributed by atoms with Crippen LogP contribution in [0.3, 0.4) is 0 Å². The number of imidazole rings is 1. The summed E-state index contributed by atoms with van der Waals surface area (Å²) in [6, 6.07) is 0. The van der Waals surface area contributed by atoms with E-state index < -0.39 is 0 Å². The number of rotatable bonds is 5. The van der Waals surface area contributed by atoms with Crippen LogP contribution in [0.15, 0.2) is 12.4 Å². The van der Waals surface area contributed by atoms with Gasteiger partial charge in [-0.05, 0) is 19.5 Å².